The summed E-state index contributed by atoms with van der Waals surface area (Å²) in [6.45, 7) is 0. The molecule has 0 aliphatic rings. The van der Waals surface area contributed by atoms with Gasteiger partial charge in [0, 0.05) is 22.6 Å². The summed E-state index contributed by atoms with van der Waals surface area (Å²) in [5, 5.41) is 0.505. The van der Waals surface area contributed by atoms with Crippen molar-refractivity contribution in [3.8, 4) is 33.9 Å². The number of hydrogen-bond donors (Lipinski definition) is 0. The standard InChI is InChI=1S/C22H16F2O3/c1-25-18-9-8-14(10-20(18)26-2)22-21(13-6-4-3-5-7-13)15-11-16(23)17(24)12-19(15)27-22/h3-12H,1-2H3. The minimum Gasteiger partial charge on any atom is -0.493 e. The van der Waals surface area contributed by atoms with Crippen molar-refractivity contribution in [2.24, 2.45) is 0 Å². The minimum absolute atomic E-state index is 0.275. The highest BCUT2D eigenvalue weighted by Crippen LogP contribution is 2.43. The molecule has 0 spiro atoms. The van der Waals surface area contributed by atoms with E-state index in [1.165, 1.54) is 6.07 Å². The lowest BCUT2D eigenvalue weighted by Crippen LogP contribution is -1.91. The van der Waals surface area contributed by atoms with Gasteiger partial charge in [0.1, 0.15) is 11.3 Å². The molecule has 0 aliphatic carbocycles. The van der Waals surface area contributed by atoms with Crippen LogP contribution in [0.2, 0.25) is 0 Å². The van der Waals surface area contributed by atoms with Gasteiger partial charge in [-0.1, -0.05) is 30.3 Å². The zero-order valence-corrected chi connectivity index (χ0v) is 14.8. The highest BCUT2D eigenvalue weighted by Gasteiger charge is 2.21. The molecule has 0 amide bonds. The van der Waals surface area contributed by atoms with Gasteiger partial charge in [-0.3, -0.25) is 0 Å². The molecule has 0 atom stereocenters. The first-order valence-corrected chi connectivity index (χ1v) is 8.31. The van der Waals surface area contributed by atoms with E-state index in [2.05, 4.69) is 0 Å². The predicted molar refractivity (Wildman–Crippen MR) is 100 cm³/mol. The first kappa shape index (κ1) is 17.1. The van der Waals surface area contributed by atoms with E-state index in [4.69, 9.17) is 13.9 Å². The van der Waals surface area contributed by atoms with Gasteiger partial charge in [0.05, 0.1) is 14.2 Å². The Morgan fingerprint density at radius 2 is 1.44 bits per heavy atom. The van der Waals surface area contributed by atoms with E-state index in [1.807, 2.05) is 36.4 Å². The van der Waals surface area contributed by atoms with Crippen LogP contribution >= 0.6 is 0 Å². The fraction of sp³-hybridized carbons (Fsp3) is 0.0909. The number of halogens is 2. The molecule has 3 aromatic carbocycles. The second-order valence-corrected chi connectivity index (χ2v) is 6.00. The van der Waals surface area contributed by atoms with Crippen molar-refractivity contribution in [3.05, 3.63) is 72.3 Å². The monoisotopic (exact) mass is 366 g/mol. The third-order valence-corrected chi connectivity index (χ3v) is 4.44. The molecule has 0 N–H and O–H groups in total. The van der Waals surface area contributed by atoms with Crippen LogP contribution in [0.15, 0.2) is 65.1 Å². The molecule has 0 unspecified atom stereocenters. The molecule has 27 heavy (non-hydrogen) atoms. The van der Waals surface area contributed by atoms with E-state index >= 15 is 0 Å². The molecule has 4 aromatic rings. The van der Waals surface area contributed by atoms with E-state index in [0.717, 1.165) is 11.6 Å². The third kappa shape index (κ3) is 2.91. The van der Waals surface area contributed by atoms with Crippen LogP contribution < -0.4 is 9.47 Å². The number of furan rings is 1. The van der Waals surface area contributed by atoms with Gasteiger partial charge in [-0.15, -0.1) is 0 Å². The molecule has 1 aromatic heterocycles. The molecular formula is C22H16F2O3. The van der Waals surface area contributed by atoms with E-state index in [0.29, 0.717) is 33.8 Å². The normalized spacial score (nSPS) is 11.0. The van der Waals surface area contributed by atoms with E-state index in [-0.39, 0.29) is 5.58 Å². The van der Waals surface area contributed by atoms with Gasteiger partial charge in [0.15, 0.2) is 23.1 Å². The smallest absolute Gasteiger partial charge is 0.162 e. The summed E-state index contributed by atoms with van der Waals surface area (Å²) in [4.78, 5) is 0. The summed E-state index contributed by atoms with van der Waals surface area (Å²) < 4.78 is 44.3. The Bertz CT molecular complexity index is 1120. The Kier molecular flexibility index (Phi) is 4.28. The van der Waals surface area contributed by atoms with Gasteiger partial charge >= 0.3 is 0 Å². The average molecular weight is 366 g/mol. The fourth-order valence-corrected chi connectivity index (χ4v) is 3.16. The summed E-state index contributed by atoms with van der Waals surface area (Å²) in [6, 6.07) is 17.0. The highest BCUT2D eigenvalue weighted by molar-refractivity contribution is 6.01. The van der Waals surface area contributed by atoms with Gasteiger partial charge < -0.3 is 13.9 Å². The third-order valence-electron chi connectivity index (χ3n) is 4.44. The molecule has 0 bridgehead atoms. The fourth-order valence-electron chi connectivity index (χ4n) is 3.16. The summed E-state index contributed by atoms with van der Waals surface area (Å²) >= 11 is 0. The molecule has 3 nitrogen and oxygen atoms in total. The Morgan fingerprint density at radius 3 is 2.15 bits per heavy atom. The second kappa shape index (κ2) is 6.76. The lowest BCUT2D eigenvalue weighted by atomic mass is 9.98. The maximum absolute atomic E-state index is 13.9. The SMILES string of the molecule is COc1ccc(-c2oc3cc(F)c(F)cc3c2-c2ccccc2)cc1OC. The summed E-state index contributed by atoms with van der Waals surface area (Å²) in [6.07, 6.45) is 0. The van der Waals surface area contributed by atoms with Crippen LogP contribution in [0.1, 0.15) is 0 Å². The molecule has 0 fully saturated rings. The number of fused-ring (bicyclic) bond motifs is 1. The molecule has 0 radical (unpaired) electrons. The molecule has 0 aliphatic heterocycles. The van der Waals surface area contributed by atoms with Crippen molar-refractivity contribution in [3.63, 3.8) is 0 Å². The second-order valence-electron chi connectivity index (χ2n) is 6.00. The summed E-state index contributed by atoms with van der Waals surface area (Å²) in [5.74, 6) is -0.251. The molecule has 1 heterocycles. The van der Waals surface area contributed by atoms with E-state index in [1.54, 1.807) is 26.4 Å². The van der Waals surface area contributed by atoms with Crippen LogP contribution in [0.25, 0.3) is 33.4 Å². The van der Waals surface area contributed by atoms with E-state index in [9.17, 15) is 8.78 Å². The Hall–Kier alpha value is -3.34. The van der Waals surface area contributed by atoms with Crippen LogP contribution in [-0.2, 0) is 0 Å². The van der Waals surface area contributed by atoms with Crippen LogP contribution in [0, 0.1) is 11.6 Å². The largest absolute Gasteiger partial charge is 0.493 e. The van der Waals surface area contributed by atoms with Crippen molar-refractivity contribution in [1.82, 2.24) is 0 Å². The molecule has 5 heteroatoms. The number of ether oxygens (including phenoxy) is 2. The van der Waals surface area contributed by atoms with Gasteiger partial charge in [-0.2, -0.15) is 0 Å². The first-order valence-electron chi connectivity index (χ1n) is 8.31. The summed E-state index contributed by atoms with van der Waals surface area (Å²) in [5.41, 5.74) is 2.52. The van der Waals surface area contributed by atoms with Crippen LogP contribution in [0.5, 0.6) is 11.5 Å². The predicted octanol–water partition coefficient (Wildman–Crippen LogP) is 6.06. The molecule has 136 valence electrons. The van der Waals surface area contributed by atoms with Crippen molar-refractivity contribution in [1.29, 1.82) is 0 Å². The zero-order chi connectivity index (χ0) is 19.0. The highest BCUT2D eigenvalue weighted by atomic mass is 19.2. The molecular weight excluding hydrogens is 350 g/mol. The molecule has 0 saturated carbocycles. The summed E-state index contributed by atoms with van der Waals surface area (Å²) in [7, 11) is 3.10. The number of benzene rings is 3. The van der Waals surface area contributed by atoms with Gasteiger partial charge in [-0.25, -0.2) is 8.78 Å². The molecule has 0 saturated heterocycles. The Morgan fingerprint density at radius 1 is 0.741 bits per heavy atom. The molecule has 4 rings (SSSR count). The van der Waals surface area contributed by atoms with Crippen molar-refractivity contribution >= 4 is 11.0 Å². The number of methoxy groups -OCH3 is 2. The first-order chi connectivity index (χ1) is 13.1. The lowest BCUT2D eigenvalue weighted by Gasteiger charge is -2.09. The Labute approximate surface area is 154 Å². The maximum Gasteiger partial charge on any atom is 0.162 e. The topological polar surface area (TPSA) is 31.6 Å². The van der Waals surface area contributed by atoms with Crippen LogP contribution in [0.4, 0.5) is 8.78 Å². The van der Waals surface area contributed by atoms with Crippen molar-refractivity contribution < 1.29 is 22.7 Å². The Balaban J connectivity index is 2.03. The van der Waals surface area contributed by atoms with Crippen LogP contribution in [0.3, 0.4) is 0 Å². The lowest BCUT2D eigenvalue weighted by molar-refractivity contribution is 0.355. The van der Waals surface area contributed by atoms with Gasteiger partial charge in [0.2, 0.25) is 0 Å². The quantitative estimate of drug-likeness (QED) is 0.440. The zero-order valence-electron chi connectivity index (χ0n) is 14.8. The number of hydrogen-bond acceptors (Lipinski definition) is 3. The number of rotatable bonds is 4. The maximum atomic E-state index is 13.9. The van der Waals surface area contributed by atoms with Gasteiger partial charge in [0.25, 0.3) is 0 Å². The van der Waals surface area contributed by atoms with Crippen molar-refractivity contribution in [2.75, 3.05) is 14.2 Å². The minimum atomic E-state index is -0.949. The van der Waals surface area contributed by atoms with Crippen molar-refractivity contribution in [2.45, 2.75) is 0 Å². The van der Waals surface area contributed by atoms with E-state index < -0.39 is 11.6 Å². The van der Waals surface area contributed by atoms with Crippen LogP contribution in [-0.4, -0.2) is 14.2 Å². The average Bonchev–Trinajstić information content (AvgIpc) is 3.06. The van der Waals surface area contributed by atoms with Gasteiger partial charge in [-0.05, 0) is 29.8 Å².